The van der Waals surface area contributed by atoms with Crippen molar-refractivity contribution in [3.8, 4) is 5.75 Å². The lowest BCUT2D eigenvalue weighted by molar-refractivity contribution is -0.189. The molecule has 0 bridgehead atoms. The van der Waals surface area contributed by atoms with Crippen molar-refractivity contribution in [3.63, 3.8) is 0 Å². The van der Waals surface area contributed by atoms with Gasteiger partial charge in [0.2, 0.25) is 0 Å². The predicted molar refractivity (Wildman–Crippen MR) is 111 cm³/mol. The Balaban J connectivity index is 1.42. The number of halogens is 4. The fourth-order valence-electron chi connectivity index (χ4n) is 4.15. The number of carbonyl (C=O) groups is 1. The van der Waals surface area contributed by atoms with Crippen LogP contribution in [0.15, 0.2) is 42.5 Å². The van der Waals surface area contributed by atoms with E-state index in [-0.39, 0.29) is 36.6 Å². The van der Waals surface area contributed by atoms with Crippen LogP contribution in [0.5, 0.6) is 5.75 Å². The second-order valence-corrected chi connectivity index (χ2v) is 8.19. The fourth-order valence-corrected chi connectivity index (χ4v) is 4.15. The zero-order valence-corrected chi connectivity index (χ0v) is 17.4. The Hall–Kier alpha value is -2.81. The summed E-state index contributed by atoms with van der Waals surface area (Å²) in [6.45, 7) is 2.15. The monoisotopic (exact) mass is 451 g/mol. The summed E-state index contributed by atoms with van der Waals surface area (Å²) in [5.41, 5.74) is 2.02. The number of rotatable bonds is 5. The van der Waals surface area contributed by atoms with Gasteiger partial charge >= 0.3 is 12.2 Å². The molecule has 0 spiro atoms. The van der Waals surface area contributed by atoms with Gasteiger partial charge in [-0.2, -0.15) is 13.2 Å². The number of carbonyl (C=O) groups excluding carboxylic acids is 1. The number of nitrogens with zero attached hydrogens (tertiary/aromatic N) is 1. The third kappa shape index (κ3) is 5.32. The molecule has 2 heterocycles. The predicted octanol–water partition coefficient (Wildman–Crippen LogP) is 4.16. The van der Waals surface area contributed by atoms with Crippen LogP contribution in [0.2, 0.25) is 0 Å². The summed E-state index contributed by atoms with van der Waals surface area (Å²) < 4.78 is 57.1. The van der Waals surface area contributed by atoms with E-state index in [9.17, 15) is 22.4 Å². The molecule has 2 aliphatic rings. The summed E-state index contributed by atoms with van der Waals surface area (Å²) in [5.74, 6) is -0.102. The molecule has 5 nitrogen and oxygen atoms in total. The van der Waals surface area contributed by atoms with E-state index in [1.54, 1.807) is 29.2 Å². The van der Waals surface area contributed by atoms with Gasteiger partial charge in [0.1, 0.15) is 11.6 Å². The van der Waals surface area contributed by atoms with Gasteiger partial charge in [-0.1, -0.05) is 24.3 Å². The first-order chi connectivity index (χ1) is 15.3. The average molecular weight is 451 g/mol. The first kappa shape index (κ1) is 22.4. The normalized spacial score (nSPS) is 18.7. The lowest BCUT2D eigenvalue weighted by Crippen LogP contribution is -2.49. The molecule has 1 atom stereocenters. The van der Waals surface area contributed by atoms with Gasteiger partial charge < -0.3 is 20.3 Å². The number of ether oxygens (including phenoxy) is 1. The molecular weight excluding hydrogens is 426 g/mol. The van der Waals surface area contributed by atoms with Gasteiger partial charge in [-0.15, -0.1) is 0 Å². The van der Waals surface area contributed by atoms with Crippen molar-refractivity contribution >= 4 is 6.03 Å². The van der Waals surface area contributed by atoms with Crippen LogP contribution < -0.4 is 15.4 Å². The highest BCUT2D eigenvalue weighted by molar-refractivity contribution is 5.74. The molecule has 1 saturated heterocycles. The third-order valence-corrected chi connectivity index (χ3v) is 5.88. The number of hydrogen-bond acceptors (Lipinski definition) is 3. The molecule has 2 amide bonds. The molecule has 0 aliphatic carbocycles. The van der Waals surface area contributed by atoms with Crippen LogP contribution in [0, 0.1) is 5.82 Å². The van der Waals surface area contributed by atoms with Crippen molar-refractivity contribution in [1.82, 2.24) is 15.5 Å². The Bertz CT molecular complexity index is 943. The lowest BCUT2D eigenvalue weighted by Gasteiger charge is -2.35. The Kier molecular flexibility index (Phi) is 6.55. The molecule has 9 heteroatoms. The molecule has 0 saturated carbocycles. The van der Waals surface area contributed by atoms with Crippen LogP contribution in [0.25, 0.3) is 0 Å². The second kappa shape index (κ2) is 9.36. The summed E-state index contributed by atoms with van der Waals surface area (Å²) in [4.78, 5) is 14.8. The average Bonchev–Trinajstić information content (AvgIpc) is 3.22. The Morgan fingerprint density at radius 2 is 1.78 bits per heavy atom. The van der Waals surface area contributed by atoms with Crippen molar-refractivity contribution in [1.29, 1.82) is 0 Å². The summed E-state index contributed by atoms with van der Waals surface area (Å²) in [5, 5.41) is 6.17. The second-order valence-electron chi connectivity index (χ2n) is 8.19. The van der Waals surface area contributed by atoms with Crippen LogP contribution in [-0.4, -0.2) is 42.3 Å². The fraction of sp³-hybridized carbons (Fsp3) is 0.435. The van der Waals surface area contributed by atoms with E-state index in [0.717, 1.165) is 31.5 Å². The zero-order valence-electron chi connectivity index (χ0n) is 17.4. The highest BCUT2D eigenvalue weighted by atomic mass is 19.4. The maximum atomic E-state index is 13.3. The number of urea groups is 1. The third-order valence-electron chi connectivity index (χ3n) is 5.88. The standard InChI is InChI=1S/C23H25F4N3O2/c24-18-4-1-15(2-5-18)14-30(19-7-9-28-10-8-19)22(31)29-13-16-3-6-20-17(11-16)12-21(32-20)23(25,26)27/h1-6,11,19,21,28H,7-10,12-14H2,(H,29,31). The van der Waals surface area contributed by atoms with Crippen LogP contribution >= 0.6 is 0 Å². The summed E-state index contributed by atoms with van der Waals surface area (Å²) >= 11 is 0. The topological polar surface area (TPSA) is 53.6 Å². The van der Waals surface area contributed by atoms with Crippen molar-refractivity contribution < 1.29 is 27.1 Å². The van der Waals surface area contributed by atoms with Crippen LogP contribution in [0.3, 0.4) is 0 Å². The molecule has 2 aromatic rings. The maximum absolute atomic E-state index is 13.3. The van der Waals surface area contributed by atoms with Crippen LogP contribution in [0.4, 0.5) is 22.4 Å². The smallest absolute Gasteiger partial charge is 0.425 e. The molecule has 0 radical (unpaired) electrons. The molecule has 1 unspecified atom stereocenters. The number of fused-ring (bicyclic) bond motifs is 1. The first-order valence-electron chi connectivity index (χ1n) is 10.6. The van der Waals surface area contributed by atoms with Gasteiger partial charge in [-0.25, -0.2) is 9.18 Å². The van der Waals surface area contributed by atoms with Crippen molar-refractivity contribution in [2.75, 3.05) is 13.1 Å². The molecule has 1 fully saturated rings. The number of hydrogen-bond donors (Lipinski definition) is 2. The summed E-state index contributed by atoms with van der Waals surface area (Å²) in [6, 6.07) is 10.7. The number of alkyl halides is 3. The molecular formula is C23H25F4N3O2. The van der Waals surface area contributed by atoms with Gasteiger partial charge in [0, 0.05) is 25.6 Å². The lowest BCUT2D eigenvalue weighted by atomic mass is 10.0. The summed E-state index contributed by atoms with van der Waals surface area (Å²) in [6.07, 6.45) is -4.85. The molecule has 2 aromatic carbocycles. The van der Waals surface area contributed by atoms with Crippen molar-refractivity contribution in [2.45, 2.75) is 50.7 Å². The van der Waals surface area contributed by atoms with Crippen LogP contribution in [-0.2, 0) is 19.5 Å². The van der Waals surface area contributed by atoms with E-state index < -0.39 is 12.3 Å². The number of piperidine rings is 1. The molecule has 172 valence electrons. The SMILES string of the molecule is O=C(NCc1ccc2c(c1)CC(C(F)(F)F)O2)N(Cc1ccc(F)cc1)C1CCNCC1. The molecule has 4 rings (SSSR count). The van der Waals surface area contributed by atoms with E-state index in [2.05, 4.69) is 10.6 Å². The number of nitrogens with one attached hydrogen (secondary N) is 2. The minimum atomic E-state index is -4.41. The molecule has 0 aromatic heterocycles. The Labute approximate surface area is 183 Å². The molecule has 2 aliphatic heterocycles. The van der Waals surface area contributed by atoms with E-state index >= 15 is 0 Å². The quantitative estimate of drug-likeness (QED) is 0.672. The van der Waals surface area contributed by atoms with Gasteiger partial charge in [-0.05, 0) is 60.8 Å². The molecule has 2 N–H and O–H groups in total. The number of benzene rings is 2. The van der Waals surface area contributed by atoms with Crippen molar-refractivity contribution in [2.24, 2.45) is 0 Å². The first-order valence-corrected chi connectivity index (χ1v) is 10.6. The highest BCUT2D eigenvalue weighted by Crippen LogP contribution is 2.36. The zero-order chi connectivity index (χ0) is 22.7. The largest absolute Gasteiger partial charge is 0.480 e. The van der Waals surface area contributed by atoms with Gasteiger partial charge in [0.15, 0.2) is 6.10 Å². The van der Waals surface area contributed by atoms with E-state index in [0.29, 0.717) is 17.7 Å². The van der Waals surface area contributed by atoms with Gasteiger partial charge in [0.25, 0.3) is 0 Å². The van der Waals surface area contributed by atoms with Gasteiger partial charge in [-0.3, -0.25) is 0 Å². The molecule has 32 heavy (non-hydrogen) atoms. The van der Waals surface area contributed by atoms with E-state index in [1.165, 1.54) is 18.2 Å². The maximum Gasteiger partial charge on any atom is 0.425 e. The minimum Gasteiger partial charge on any atom is -0.480 e. The van der Waals surface area contributed by atoms with Crippen LogP contribution in [0.1, 0.15) is 29.5 Å². The Morgan fingerprint density at radius 3 is 2.47 bits per heavy atom. The number of amides is 2. The Morgan fingerprint density at radius 1 is 1.09 bits per heavy atom. The highest BCUT2D eigenvalue weighted by Gasteiger charge is 2.45. The summed E-state index contributed by atoms with van der Waals surface area (Å²) in [7, 11) is 0. The van der Waals surface area contributed by atoms with E-state index in [4.69, 9.17) is 4.74 Å². The van der Waals surface area contributed by atoms with Gasteiger partial charge in [0.05, 0.1) is 0 Å². The van der Waals surface area contributed by atoms with E-state index in [1.807, 2.05) is 0 Å². The minimum absolute atomic E-state index is 0.0438. The van der Waals surface area contributed by atoms with Crippen molar-refractivity contribution in [3.05, 3.63) is 65.0 Å².